The van der Waals surface area contributed by atoms with Gasteiger partial charge >= 0.3 is 5.97 Å². The Kier molecular flexibility index (Phi) is 4.39. The van der Waals surface area contributed by atoms with Crippen LogP contribution < -0.4 is 0 Å². The number of rotatable bonds is 3. The largest absolute Gasteiger partial charge is 0.480 e. The van der Waals surface area contributed by atoms with E-state index in [1.807, 2.05) is 0 Å². The van der Waals surface area contributed by atoms with Gasteiger partial charge in [0.05, 0.1) is 0 Å². The first-order valence-corrected chi connectivity index (χ1v) is 6.87. The summed E-state index contributed by atoms with van der Waals surface area (Å²) in [5.41, 5.74) is 0. The Bertz CT molecular complexity index is 351. The Labute approximate surface area is 108 Å². The van der Waals surface area contributed by atoms with E-state index in [0.717, 1.165) is 32.1 Å². The molecular weight excluding hydrogens is 230 g/mol. The number of carbonyl (C=O) groups excluding carboxylic acids is 1. The number of hydrogen-bond acceptors (Lipinski definition) is 2. The fourth-order valence-electron chi connectivity index (χ4n) is 2.87. The third kappa shape index (κ3) is 3.12. The van der Waals surface area contributed by atoms with Crippen molar-refractivity contribution in [2.45, 2.75) is 51.0 Å². The van der Waals surface area contributed by atoms with Crippen molar-refractivity contribution in [2.24, 2.45) is 5.92 Å². The highest BCUT2D eigenvalue weighted by atomic mass is 16.4. The number of carboxylic acid groups (broad SMARTS) is 1. The highest BCUT2D eigenvalue weighted by Gasteiger charge is 2.31. The van der Waals surface area contributed by atoms with Crippen molar-refractivity contribution in [3.63, 3.8) is 0 Å². The van der Waals surface area contributed by atoms with E-state index in [1.165, 1.54) is 0 Å². The van der Waals surface area contributed by atoms with E-state index in [9.17, 15) is 14.7 Å². The molecule has 2 rings (SSSR count). The van der Waals surface area contributed by atoms with Gasteiger partial charge in [0.15, 0.2) is 0 Å². The lowest BCUT2D eigenvalue weighted by molar-refractivity contribution is -0.150. The fourth-order valence-corrected chi connectivity index (χ4v) is 2.87. The second-order valence-corrected chi connectivity index (χ2v) is 5.26. The number of likely N-dealkylation sites (tertiary alicyclic amines) is 1. The molecular formula is C14H21NO3. The Morgan fingerprint density at radius 1 is 1.22 bits per heavy atom. The topological polar surface area (TPSA) is 57.6 Å². The van der Waals surface area contributed by atoms with Gasteiger partial charge in [0.1, 0.15) is 6.04 Å². The minimum atomic E-state index is -0.854. The van der Waals surface area contributed by atoms with Crippen LogP contribution in [0, 0.1) is 5.92 Å². The molecule has 18 heavy (non-hydrogen) atoms. The molecule has 1 aliphatic heterocycles. The fraction of sp³-hybridized carbons (Fsp3) is 0.714. The molecule has 1 saturated heterocycles. The molecule has 0 aromatic heterocycles. The van der Waals surface area contributed by atoms with Crippen LogP contribution in [0.2, 0.25) is 0 Å². The quantitative estimate of drug-likeness (QED) is 0.782. The van der Waals surface area contributed by atoms with E-state index < -0.39 is 12.0 Å². The second kappa shape index (κ2) is 6.03. The number of carbonyl (C=O) groups is 2. The van der Waals surface area contributed by atoms with E-state index in [4.69, 9.17) is 0 Å². The van der Waals surface area contributed by atoms with Gasteiger partial charge in [-0.25, -0.2) is 4.79 Å². The van der Waals surface area contributed by atoms with E-state index in [2.05, 4.69) is 12.2 Å². The average molecular weight is 251 g/mol. The zero-order valence-corrected chi connectivity index (χ0v) is 10.7. The number of amides is 1. The molecule has 0 bridgehead atoms. The summed E-state index contributed by atoms with van der Waals surface area (Å²) in [6.45, 7) is 0.603. The summed E-state index contributed by atoms with van der Waals surface area (Å²) in [6.07, 6.45) is 10.2. The standard InChI is InChI=1S/C14H21NO3/c16-13(10-11-6-3-4-7-11)15-9-5-1-2-8-12(15)14(17)18/h3,6,11-12H,1-2,4-5,7-10H2,(H,17,18). The maximum Gasteiger partial charge on any atom is 0.326 e. The predicted octanol–water partition coefficient (Wildman–Crippen LogP) is 2.20. The molecule has 1 fully saturated rings. The van der Waals surface area contributed by atoms with Crippen molar-refractivity contribution < 1.29 is 14.7 Å². The van der Waals surface area contributed by atoms with Crippen LogP contribution in [-0.2, 0) is 9.59 Å². The van der Waals surface area contributed by atoms with Gasteiger partial charge in [-0.1, -0.05) is 25.0 Å². The summed E-state index contributed by atoms with van der Waals surface area (Å²) in [6, 6.07) is -0.606. The minimum absolute atomic E-state index is 0.0147. The van der Waals surface area contributed by atoms with Crippen molar-refractivity contribution in [2.75, 3.05) is 6.54 Å². The van der Waals surface area contributed by atoms with Gasteiger partial charge in [-0.05, 0) is 31.6 Å². The summed E-state index contributed by atoms with van der Waals surface area (Å²) < 4.78 is 0. The first-order valence-electron chi connectivity index (χ1n) is 6.87. The van der Waals surface area contributed by atoms with Crippen LogP contribution in [-0.4, -0.2) is 34.5 Å². The van der Waals surface area contributed by atoms with Crippen LogP contribution in [0.3, 0.4) is 0 Å². The van der Waals surface area contributed by atoms with Crippen molar-refractivity contribution in [3.8, 4) is 0 Å². The zero-order valence-electron chi connectivity index (χ0n) is 10.7. The number of carboxylic acids is 1. The number of nitrogens with zero attached hydrogens (tertiary/aromatic N) is 1. The smallest absolute Gasteiger partial charge is 0.326 e. The highest BCUT2D eigenvalue weighted by molar-refractivity contribution is 5.84. The van der Waals surface area contributed by atoms with Gasteiger partial charge in [0, 0.05) is 13.0 Å². The first kappa shape index (κ1) is 13.1. The maximum atomic E-state index is 12.3. The molecule has 1 aliphatic carbocycles. The van der Waals surface area contributed by atoms with Crippen molar-refractivity contribution >= 4 is 11.9 Å². The van der Waals surface area contributed by atoms with Crippen LogP contribution in [0.1, 0.15) is 44.9 Å². The van der Waals surface area contributed by atoms with Gasteiger partial charge in [0.2, 0.25) is 5.91 Å². The Morgan fingerprint density at radius 3 is 2.72 bits per heavy atom. The molecule has 0 aromatic rings. The number of hydrogen-bond donors (Lipinski definition) is 1. The lowest BCUT2D eigenvalue weighted by Crippen LogP contribution is -2.45. The minimum Gasteiger partial charge on any atom is -0.480 e. The molecule has 0 aromatic carbocycles. The molecule has 100 valence electrons. The summed E-state index contributed by atoms with van der Waals surface area (Å²) >= 11 is 0. The summed E-state index contributed by atoms with van der Waals surface area (Å²) in [4.78, 5) is 25.1. The third-order valence-corrected chi connectivity index (χ3v) is 3.91. The Hall–Kier alpha value is -1.32. The van der Waals surface area contributed by atoms with E-state index >= 15 is 0 Å². The van der Waals surface area contributed by atoms with Crippen LogP contribution in [0.15, 0.2) is 12.2 Å². The first-order chi connectivity index (χ1) is 8.68. The highest BCUT2D eigenvalue weighted by Crippen LogP contribution is 2.24. The Morgan fingerprint density at radius 2 is 2.06 bits per heavy atom. The maximum absolute atomic E-state index is 12.3. The molecule has 1 N–H and O–H groups in total. The third-order valence-electron chi connectivity index (χ3n) is 3.91. The average Bonchev–Trinajstić information content (AvgIpc) is 2.70. The van der Waals surface area contributed by atoms with E-state index in [0.29, 0.717) is 25.3 Å². The van der Waals surface area contributed by atoms with Crippen molar-refractivity contribution in [3.05, 3.63) is 12.2 Å². The lowest BCUT2D eigenvalue weighted by atomic mass is 10.0. The SMILES string of the molecule is O=C(O)C1CCCCCN1C(=O)CC1C=CCC1. The van der Waals surface area contributed by atoms with Gasteiger partial charge in [-0.15, -0.1) is 0 Å². The molecule has 4 nitrogen and oxygen atoms in total. The van der Waals surface area contributed by atoms with Crippen LogP contribution in [0.5, 0.6) is 0 Å². The molecule has 4 heteroatoms. The van der Waals surface area contributed by atoms with E-state index in [-0.39, 0.29) is 5.91 Å². The van der Waals surface area contributed by atoms with Gasteiger partial charge < -0.3 is 10.0 Å². The molecule has 0 spiro atoms. The van der Waals surface area contributed by atoms with Gasteiger partial charge in [0.25, 0.3) is 0 Å². The molecule has 0 saturated carbocycles. The van der Waals surface area contributed by atoms with Crippen LogP contribution >= 0.6 is 0 Å². The molecule has 2 aliphatic rings. The molecule has 0 radical (unpaired) electrons. The van der Waals surface area contributed by atoms with Gasteiger partial charge in [-0.3, -0.25) is 4.79 Å². The predicted molar refractivity (Wildman–Crippen MR) is 68.1 cm³/mol. The summed E-state index contributed by atoms with van der Waals surface area (Å²) in [7, 11) is 0. The summed E-state index contributed by atoms with van der Waals surface area (Å²) in [5, 5.41) is 9.24. The molecule has 1 heterocycles. The zero-order chi connectivity index (χ0) is 13.0. The van der Waals surface area contributed by atoms with Crippen LogP contribution in [0.25, 0.3) is 0 Å². The lowest BCUT2D eigenvalue weighted by Gasteiger charge is -2.27. The second-order valence-electron chi connectivity index (χ2n) is 5.26. The van der Waals surface area contributed by atoms with Crippen LogP contribution in [0.4, 0.5) is 0 Å². The van der Waals surface area contributed by atoms with Crippen molar-refractivity contribution in [1.29, 1.82) is 0 Å². The monoisotopic (exact) mass is 251 g/mol. The normalized spacial score (nSPS) is 28.1. The van der Waals surface area contributed by atoms with Gasteiger partial charge in [-0.2, -0.15) is 0 Å². The molecule has 2 unspecified atom stereocenters. The summed E-state index contributed by atoms with van der Waals surface area (Å²) in [5.74, 6) is -0.525. The molecule has 2 atom stereocenters. The Balaban J connectivity index is 1.99. The molecule has 1 amide bonds. The number of allylic oxidation sites excluding steroid dienone is 2. The number of aliphatic carboxylic acids is 1. The van der Waals surface area contributed by atoms with Crippen molar-refractivity contribution in [1.82, 2.24) is 4.90 Å². The van der Waals surface area contributed by atoms with E-state index in [1.54, 1.807) is 4.90 Å².